The molecule has 0 aromatic heterocycles. The molecule has 0 unspecified atom stereocenters. The lowest BCUT2D eigenvalue weighted by Gasteiger charge is -2.21. The summed E-state index contributed by atoms with van der Waals surface area (Å²) in [5.74, 6) is 0.308. The number of nitrogens with one attached hydrogen (secondary N) is 1. The Balaban J connectivity index is 2.45. The van der Waals surface area contributed by atoms with E-state index in [-0.39, 0.29) is 11.9 Å². The van der Waals surface area contributed by atoms with Crippen molar-refractivity contribution < 1.29 is 4.79 Å². The first-order chi connectivity index (χ1) is 9.97. The number of thioether (sulfide) groups is 1. The first-order valence-electron chi connectivity index (χ1n) is 6.94. The predicted molar refractivity (Wildman–Crippen MR) is 96.0 cm³/mol. The van der Waals surface area contributed by atoms with E-state index < -0.39 is 0 Å². The minimum absolute atomic E-state index is 0.0259. The van der Waals surface area contributed by atoms with Crippen LogP contribution in [0.1, 0.15) is 32.4 Å². The molecular formula is C15H21ClN2OS2. The Kier molecular flexibility index (Phi) is 8.07. The van der Waals surface area contributed by atoms with E-state index >= 15 is 0 Å². The molecule has 3 nitrogen and oxygen atoms in total. The lowest BCUT2D eigenvalue weighted by Crippen LogP contribution is -2.31. The number of hydrogen-bond donors (Lipinski definition) is 1. The summed E-state index contributed by atoms with van der Waals surface area (Å²) in [6.45, 7) is 7.78. The summed E-state index contributed by atoms with van der Waals surface area (Å²) >= 11 is 12.7. The molecule has 1 aromatic carbocycles. The smallest absolute Gasteiger partial charge is 0.230 e. The van der Waals surface area contributed by atoms with E-state index in [4.69, 9.17) is 23.8 Å². The van der Waals surface area contributed by atoms with Gasteiger partial charge in [-0.2, -0.15) is 0 Å². The molecule has 0 heterocycles. The number of carbonyl (C=O) groups is 1. The van der Waals surface area contributed by atoms with E-state index in [1.165, 1.54) is 11.8 Å². The molecule has 0 aliphatic heterocycles. The molecule has 1 amide bonds. The Morgan fingerprint density at radius 3 is 2.67 bits per heavy atom. The average Bonchev–Trinajstić information content (AvgIpc) is 2.46. The van der Waals surface area contributed by atoms with Gasteiger partial charge in [0.05, 0.1) is 11.8 Å². The van der Waals surface area contributed by atoms with Crippen LogP contribution >= 0.6 is 35.6 Å². The molecule has 6 heteroatoms. The monoisotopic (exact) mass is 344 g/mol. The first-order valence-corrected chi connectivity index (χ1v) is 8.71. The number of amides is 1. The highest BCUT2D eigenvalue weighted by atomic mass is 35.5. The number of nitrogens with zero attached hydrogens (tertiary/aromatic N) is 1. The van der Waals surface area contributed by atoms with Crippen molar-refractivity contribution in [3.05, 3.63) is 34.9 Å². The molecule has 0 fully saturated rings. The van der Waals surface area contributed by atoms with Gasteiger partial charge in [0.15, 0.2) is 0 Å². The summed E-state index contributed by atoms with van der Waals surface area (Å²) < 4.78 is 0.769. The molecular weight excluding hydrogens is 324 g/mol. The number of thiocarbonyl (C=S) groups is 1. The standard InChI is InChI=1S/C15H21ClN2OS2/c1-4-18(5-2)15(20)21-10-14(19)17-11(3)12-7-6-8-13(16)9-12/h6-9,11H,4-5,10H2,1-3H3,(H,17,19)/t11-/m0/s1. The van der Waals surface area contributed by atoms with Gasteiger partial charge in [0, 0.05) is 18.1 Å². The van der Waals surface area contributed by atoms with Crippen molar-refractivity contribution >= 4 is 45.8 Å². The Morgan fingerprint density at radius 1 is 1.43 bits per heavy atom. The number of halogens is 1. The topological polar surface area (TPSA) is 32.3 Å². The van der Waals surface area contributed by atoms with Crippen LogP contribution in [0.15, 0.2) is 24.3 Å². The van der Waals surface area contributed by atoms with E-state index in [9.17, 15) is 4.79 Å². The fourth-order valence-electron chi connectivity index (χ4n) is 1.84. The maximum absolute atomic E-state index is 12.0. The van der Waals surface area contributed by atoms with Crippen molar-refractivity contribution in [3.63, 3.8) is 0 Å². The molecule has 0 radical (unpaired) electrons. The lowest BCUT2D eigenvalue weighted by atomic mass is 10.1. The van der Waals surface area contributed by atoms with Gasteiger partial charge in [-0.15, -0.1) is 0 Å². The fourth-order valence-corrected chi connectivity index (χ4v) is 3.26. The Bertz CT molecular complexity index is 492. The van der Waals surface area contributed by atoms with Crippen molar-refractivity contribution in [3.8, 4) is 0 Å². The Labute approximate surface area is 141 Å². The van der Waals surface area contributed by atoms with E-state index in [1.54, 1.807) is 0 Å². The second kappa shape index (κ2) is 9.28. The second-order valence-corrected chi connectivity index (χ2v) is 6.62. The van der Waals surface area contributed by atoms with E-state index in [0.29, 0.717) is 10.8 Å². The van der Waals surface area contributed by atoms with Gasteiger partial charge in [0.2, 0.25) is 5.91 Å². The summed E-state index contributed by atoms with van der Waals surface area (Å²) in [5.41, 5.74) is 0.993. The number of hydrogen-bond acceptors (Lipinski definition) is 3. The van der Waals surface area contributed by atoms with Crippen molar-refractivity contribution in [2.75, 3.05) is 18.8 Å². The van der Waals surface area contributed by atoms with Gasteiger partial charge in [-0.25, -0.2) is 0 Å². The second-order valence-electron chi connectivity index (χ2n) is 4.57. The molecule has 1 atom stereocenters. The molecule has 0 saturated carbocycles. The molecule has 0 aliphatic rings. The van der Waals surface area contributed by atoms with Gasteiger partial charge in [0.1, 0.15) is 4.32 Å². The largest absolute Gasteiger partial charge is 0.358 e. The minimum Gasteiger partial charge on any atom is -0.358 e. The van der Waals surface area contributed by atoms with Gasteiger partial charge < -0.3 is 10.2 Å². The van der Waals surface area contributed by atoms with E-state index in [2.05, 4.69) is 24.1 Å². The van der Waals surface area contributed by atoms with Crippen LogP contribution in [-0.4, -0.2) is 34.0 Å². The van der Waals surface area contributed by atoms with Crippen molar-refractivity contribution in [2.24, 2.45) is 0 Å². The van der Waals surface area contributed by atoms with Gasteiger partial charge in [-0.05, 0) is 38.5 Å². The maximum atomic E-state index is 12.0. The maximum Gasteiger partial charge on any atom is 0.230 e. The summed E-state index contributed by atoms with van der Waals surface area (Å²) in [4.78, 5) is 14.0. The number of rotatable bonds is 6. The zero-order chi connectivity index (χ0) is 15.8. The molecule has 1 N–H and O–H groups in total. The van der Waals surface area contributed by atoms with Crippen LogP contribution in [0.4, 0.5) is 0 Å². The zero-order valence-corrected chi connectivity index (χ0v) is 14.9. The molecule has 1 rings (SSSR count). The molecule has 1 aromatic rings. The van der Waals surface area contributed by atoms with Crippen LogP contribution in [0.25, 0.3) is 0 Å². The molecule has 21 heavy (non-hydrogen) atoms. The van der Waals surface area contributed by atoms with Crippen LogP contribution in [0.2, 0.25) is 5.02 Å². The molecule has 116 valence electrons. The highest BCUT2D eigenvalue weighted by molar-refractivity contribution is 8.23. The summed E-state index contributed by atoms with van der Waals surface area (Å²) in [7, 11) is 0. The minimum atomic E-state index is -0.0705. The highest BCUT2D eigenvalue weighted by Crippen LogP contribution is 2.17. The lowest BCUT2D eigenvalue weighted by molar-refractivity contribution is -0.119. The summed E-state index contributed by atoms with van der Waals surface area (Å²) in [5, 5.41) is 3.63. The van der Waals surface area contributed by atoms with Crippen LogP contribution in [-0.2, 0) is 4.79 Å². The number of carbonyl (C=O) groups excluding carboxylic acids is 1. The molecule has 0 aliphatic carbocycles. The normalized spacial score (nSPS) is 11.8. The van der Waals surface area contributed by atoms with Gasteiger partial charge in [-0.1, -0.05) is 47.7 Å². The fraction of sp³-hybridized carbons (Fsp3) is 0.467. The summed E-state index contributed by atoms with van der Waals surface area (Å²) in [6, 6.07) is 7.44. The molecule has 0 spiro atoms. The van der Waals surface area contributed by atoms with Crippen LogP contribution in [0, 0.1) is 0 Å². The quantitative estimate of drug-likeness (QED) is 0.794. The first kappa shape index (κ1) is 18.3. The highest BCUT2D eigenvalue weighted by Gasteiger charge is 2.12. The van der Waals surface area contributed by atoms with Crippen molar-refractivity contribution in [1.29, 1.82) is 0 Å². The van der Waals surface area contributed by atoms with Crippen molar-refractivity contribution in [2.45, 2.75) is 26.8 Å². The third kappa shape index (κ3) is 6.24. The summed E-state index contributed by atoms with van der Waals surface area (Å²) in [6.07, 6.45) is 0. The van der Waals surface area contributed by atoms with Gasteiger partial charge in [0.25, 0.3) is 0 Å². The average molecular weight is 345 g/mol. The van der Waals surface area contributed by atoms with E-state index in [1.807, 2.05) is 31.2 Å². The van der Waals surface area contributed by atoms with Crippen molar-refractivity contribution in [1.82, 2.24) is 10.2 Å². The Hall–Kier alpha value is -0.780. The SMILES string of the molecule is CCN(CC)C(=S)SCC(=O)N[C@@H](C)c1cccc(Cl)c1. The third-order valence-electron chi connectivity index (χ3n) is 3.07. The van der Waals surface area contributed by atoms with Crippen LogP contribution < -0.4 is 5.32 Å². The Morgan fingerprint density at radius 2 is 2.10 bits per heavy atom. The van der Waals surface area contributed by atoms with Crippen LogP contribution in [0.3, 0.4) is 0 Å². The van der Waals surface area contributed by atoms with Gasteiger partial charge in [-0.3, -0.25) is 4.79 Å². The predicted octanol–water partition coefficient (Wildman–Crippen LogP) is 3.88. The third-order valence-corrected chi connectivity index (χ3v) is 4.83. The van der Waals surface area contributed by atoms with Crippen LogP contribution in [0.5, 0.6) is 0 Å². The van der Waals surface area contributed by atoms with Gasteiger partial charge >= 0.3 is 0 Å². The number of benzene rings is 1. The van der Waals surface area contributed by atoms with E-state index in [0.717, 1.165) is 23.0 Å². The molecule has 0 bridgehead atoms. The zero-order valence-electron chi connectivity index (χ0n) is 12.6. The molecule has 0 saturated heterocycles.